The van der Waals surface area contributed by atoms with E-state index in [4.69, 9.17) is 4.42 Å². The van der Waals surface area contributed by atoms with Gasteiger partial charge in [0, 0.05) is 25.9 Å². The van der Waals surface area contributed by atoms with Gasteiger partial charge >= 0.3 is 0 Å². The number of nitrogens with one attached hydrogen (secondary N) is 1. The zero-order chi connectivity index (χ0) is 18.3. The van der Waals surface area contributed by atoms with Gasteiger partial charge in [0.1, 0.15) is 23.9 Å². The molecule has 6 nitrogen and oxygen atoms in total. The Morgan fingerprint density at radius 1 is 1.27 bits per heavy atom. The van der Waals surface area contributed by atoms with Crippen molar-refractivity contribution >= 4 is 17.6 Å². The molecule has 0 spiro atoms. The Morgan fingerprint density at radius 2 is 2.12 bits per heavy atom. The highest BCUT2D eigenvalue weighted by Gasteiger charge is 2.38. The van der Waals surface area contributed by atoms with Crippen LogP contribution in [0.5, 0.6) is 0 Å². The maximum Gasteiger partial charge on any atom is 0.258 e. The smallest absolute Gasteiger partial charge is 0.258 e. The van der Waals surface area contributed by atoms with E-state index in [1.165, 1.54) is 29.4 Å². The van der Waals surface area contributed by atoms with E-state index in [0.29, 0.717) is 42.7 Å². The van der Waals surface area contributed by atoms with E-state index in [1.807, 2.05) is 0 Å². The van der Waals surface area contributed by atoms with Crippen molar-refractivity contribution in [2.24, 2.45) is 0 Å². The molecule has 2 aliphatic rings. The minimum absolute atomic E-state index is 0.118. The standard InChI is InChI=1S/C19H17FN2O4/c20-12-4-1-3-11(9-12)17-18(24)21-7-8-22(17)19(25)13-10-26-15-6-2-5-14(23)16(13)15/h1,3-4,9-10,17H,2,5-8H2,(H,21,24)/t17-/m1/s1. The molecule has 26 heavy (non-hydrogen) atoms. The van der Waals surface area contributed by atoms with Gasteiger partial charge in [0.25, 0.3) is 5.91 Å². The first-order valence-electron chi connectivity index (χ1n) is 8.54. The predicted octanol–water partition coefficient (Wildman–Crippen LogP) is 2.25. The average Bonchev–Trinajstić information content (AvgIpc) is 3.06. The van der Waals surface area contributed by atoms with Crippen LogP contribution in [0, 0.1) is 5.82 Å². The number of Topliss-reactive ketones (excluding diaryl/α,β-unsaturated/α-hetero) is 1. The van der Waals surface area contributed by atoms with Crippen LogP contribution in [0.15, 0.2) is 34.9 Å². The maximum absolute atomic E-state index is 13.6. The summed E-state index contributed by atoms with van der Waals surface area (Å²) in [5.41, 5.74) is 0.894. The quantitative estimate of drug-likeness (QED) is 0.895. The third-order valence-corrected chi connectivity index (χ3v) is 4.82. The van der Waals surface area contributed by atoms with Crippen molar-refractivity contribution in [2.45, 2.75) is 25.3 Å². The molecule has 2 aromatic rings. The molecule has 1 saturated heterocycles. The van der Waals surface area contributed by atoms with E-state index >= 15 is 0 Å². The number of nitrogens with zero attached hydrogens (tertiary/aromatic N) is 1. The number of benzene rings is 1. The Bertz CT molecular complexity index is 905. The van der Waals surface area contributed by atoms with Crippen LogP contribution in [-0.2, 0) is 11.2 Å². The molecule has 2 amide bonds. The van der Waals surface area contributed by atoms with Crippen LogP contribution >= 0.6 is 0 Å². The van der Waals surface area contributed by atoms with Gasteiger partial charge in [-0.25, -0.2) is 4.39 Å². The Kier molecular flexibility index (Phi) is 4.06. The number of rotatable bonds is 2. The molecular formula is C19H17FN2O4. The molecule has 1 aromatic heterocycles. The highest BCUT2D eigenvalue weighted by molar-refractivity contribution is 6.10. The molecule has 1 fully saturated rings. The largest absolute Gasteiger partial charge is 0.468 e. The van der Waals surface area contributed by atoms with Gasteiger partial charge in [-0.05, 0) is 24.1 Å². The van der Waals surface area contributed by atoms with E-state index in [0.717, 1.165) is 0 Å². The highest BCUT2D eigenvalue weighted by Crippen LogP contribution is 2.31. The van der Waals surface area contributed by atoms with Gasteiger partial charge in [0.2, 0.25) is 5.91 Å². The lowest BCUT2D eigenvalue weighted by molar-refractivity contribution is -0.128. The summed E-state index contributed by atoms with van der Waals surface area (Å²) in [7, 11) is 0. The number of ketones is 1. The van der Waals surface area contributed by atoms with Crippen molar-refractivity contribution in [1.29, 1.82) is 0 Å². The van der Waals surface area contributed by atoms with Gasteiger partial charge in [0.15, 0.2) is 5.78 Å². The molecule has 1 N–H and O–H groups in total. The third kappa shape index (κ3) is 2.69. The minimum Gasteiger partial charge on any atom is -0.468 e. The predicted molar refractivity (Wildman–Crippen MR) is 89.2 cm³/mol. The number of furan rings is 1. The first-order chi connectivity index (χ1) is 12.6. The number of aryl methyl sites for hydroxylation is 1. The summed E-state index contributed by atoms with van der Waals surface area (Å²) >= 11 is 0. The van der Waals surface area contributed by atoms with Crippen LogP contribution in [0.25, 0.3) is 0 Å². The molecule has 0 saturated carbocycles. The van der Waals surface area contributed by atoms with Crippen LogP contribution in [0.2, 0.25) is 0 Å². The van der Waals surface area contributed by atoms with E-state index in [1.54, 1.807) is 6.07 Å². The average molecular weight is 356 g/mol. The lowest BCUT2D eigenvalue weighted by Gasteiger charge is -2.35. The number of amides is 2. The topological polar surface area (TPSA) is 79.6 Å². The first kappa shape index (κ1) is 16.5. The number of piperazine rings is 1. The molecular weight excluding hydrogens is 339 g/mol. The fourth-order valence-electron chi connectivity index (χ4n) is 3.63. The van der Waals surface area contributed by atoms with Crippen molar-refractivity contribution in [1.82, 2.24) is 10.2 Å². The summed E-state index contributed by atoms with van der Waals surface area (Å²) in [5.74, 6) is -0.905. The number of carbonyl (C=O) groups is 3. The lowest BCUT2D eigenvalue weighted by atomic mass is 9.93. The summed E-state index contributed by atoms with van der Waals surface area (Å²) in [6.07, 6.45) is 2.99. The van der Waals surface area contributed by atoms with Gasteiger partial charge in [-0.3, -0.25) is 14.4 Å². The maximum atomic E-state index is 13.6. The van der Waals surface area contributed by atoms with Crippen LogP contribution < -0.4 is 5.32 Å². The Morgan fingerprint density at radius 3 is 2.92 bits per heavy atom. The lowest BCUT2D eigenvalue weighted by Crippen LogP contribution is -2.52. The normalized spacial score (nSPS) is 19.9. The molecule has 7 heteroatoms. The highest BCUT2D eigenvalue weighted by atomic mass is 19.1. The molecule has 0 bridgehead atoms. The third-order valence-electron chi connectivity index (χ3n) is 4.82. The second-order valence-electron chi connectivity index (χ2n) is 6.47. The monoisotopic (exact) mass is 356 g/mol. The molecule has 1 aromatic carbocycles. The summed E-state index contributed by atoms with van der Waals surface area (Å²) in [6.45, 7) is 0.560. The molecule has 1 aliphatic heterocycles. The van der Waals surface area contributed by atoms with Gasteiger partial charge < -0.3 is 14.6 Å². The van der Waals surface area contributed by atoms with E-state index in [9.17, 15) is 18.8 Å². The summed E-state index contributed by atoms with van der Waals surface area (Å²) in [6, 6.07) is 4.68. The number of hydrogen-bond acceptors (Lipinski definition) is 4. The molecule has 1 atom stereocenters. The van der Waals surface area contributed by atoms with E-state index < -0.39 is 17.8 Å². The van der Waals surface area contributed by atoms with Gasteiger partial charge in [-0.15, -0.1) is 0 Å². The van der Waals surface area contributed by atoms with Crippen LogP contribution in [0.4, 0.5) is 4.39 Å². The second-order valence-corrected chi connectivity index (χ2v) is 6.47. The second kappa shape index (κ2) is 6.40. The Hall–Kier alpha value is -2.96. The Labute approximate surface area is 149 Å². The Balaban J connectivity index is 1.73. The molecule has 0 unspecified atom stereocenters. The SMILES string of the molecule is O=C1CCCc2occ(C(=O)N3CCNC(=O)[C@H]3c3cccc(F)c3)c21. The van der Waals surface area contributed by atoms with E-state index in [-0.39, 0.29) is 23.8 Å². The van der Waals surface area contributed by atoms with Crippen LogP contribution in [0.3, 0.4) is 0 Å². The van der Waals surface area contributed by atoms with Crippen molar-refractivity contribution in [2.75, 3.05) is 13.1 Å². The minimum atomic E-state index is -0.948. The van der Waals surface area contributed by atoms with Gasteiger partial charge in [-0.1, -0.05) is 12.1 Å². The zero-order valence-electron chi connectivity index (χ0n) is 14.0. The molecule has 134 valence electrons. The first-order valence-corrected chi connectivity index (χ1v) is 8.54. The van der Waals surface area contributed by atoms with Crippen molar-refractivity contribution < 1.29 is 23.2 Å². The molecule has 4 rings (SSSR count). The van der Waals surface area contributed by atoms with Gasteiger partial charge in [-0.2, -0.15) is 0 Å². The summed E-state index contributed by atoms with van der Waals surface area (Å²) in [4.78, 5) is 39.2. The summed E-state index contributed by atoms with van der Waals surface area (Å²) < 4.78 is 19.1. The fourth-order valence-corrected chi connectivity index (χ4v) is 3.63. The summed E-state index contributed by atoms with van der Waals surface area (Å²) in [5, 5.41) is 2.71. The molecule has 0 radical (unpaired) electrons. The van der Waals surface area contributed by atoms with Crippen LogP contribution in [0.1, 0.15) is 50.9 Å². The van der Waals surface area contributed by atoms with Gasteiger partial charge in [0.05, 0.1) is 11.1 Å². The molecule has 1 aliphatic carbocycles. The van der Waals surface area contributed by atoms with Crippen molar-refractivity contribution in [3.05, 3.63) is 58.8 Å². The number of carbonyl (C=O) groups excluding carboxylic acids is 3. The van der Waals surface area contributed by atoms with Crippen LogP contribution in [-0.4, -0.2) is 35.6 Å². The zero-order valence-corrected chi connectivity index (χ0v) is 14.0. The number of fused-ring (bicyclic) bond motifs is 1. The fraction of sp³-hybridized carbons (Fsp3) is 0.316. The number of hydrogen-bond donors (Lipinski definition) is 1. The van der Waals surface area contributed by atoms with E-state index in [2.05, 4.69) is 5.32 Å². The number of halogens is 1. The molecule has 2 heterocycles. The van der Waals surface area contributed by atoms with Crippen molar-refractivity contribution in [3.8, 4) is 0 Å². The van der Waals surface area contributed by atoms with Crippen molar-refractivity contribution in [3.63, 3.8) is 0 Å².